The second kappa shape index (κ2) is 7.44. The summed E-state index contributed by atoms with van der Waals surface area (Å²) in [5.74, 6) is -1.76. The molecule has 1 aliphatic carbocycles. The van der Waals surface area contributed by atoms with Gasteiger partial charge < -0.3 is 15.0 Å². The summed E-state index contributed by atoms with van der Waals surface area (Å²) in [4.78, 5) is 25.5. The number of benzene rings is 1. The highest BCUT2D eigenvalue weighted by atomic mass is 19.1. The van der Waals surface area contributed by atoms with E-state index in [1.54, 1.807) is 6.92 Å². The standard InChI is InChI=1S/C17H23FN2O3/c1-4-20(11(2)3)17(22)16(21)19-12-8-9-15(14(18)10-12)23-13-6-5-7-13/h8-11,13H,4-7H2,1-3H3,(H,19,21). The molecule has 0 atom stereocenters. The summed E-state index contributed by atoms with van der Waals surface area (Å²) < 4.78 is 19.5. The fourth-order valence-corrected chi connectivity index (χ4v) is 2.40. The van der Waals surface area contributed by atoms with Crippen molar-refractivity contribution in [2.75, 3.05) is 11.9 Å². The first kappa shape index (κ1) is 17.2. The van der Waals surface area contributed by atoms with Crippen molar-refractivity contribution in [3.05, 3.63) is 24.0 Å². The van der Waals surface area contributed by atoms with Crippen LogP contribution >= 0.6 is 0 Å². The Bertz CT molecular complexity index is 585. The molecule has 2 rings (SSSR count). The number of ether oxygens (including phenoxy) is 1. The molecule has 5 nitrogen and oxygen atoms in total. The lowest BCUT2D eigenvalue weighted by Gasteiger charge is -2.26. The van der Waals surface area contributed by atoms with E-state index in [0.717, 1.165) is 19.3 Å². The van der Waals surface area contributed by atoms with Crippen molar-refractivity contribution in [3.63, 3.8) is 0 Å². The maximum Gasteiger partial charge on any atom is 0.313 e. The van der Waals surface area contributed by atoms with Crippen molar-refractivity contribution in [3.8, 4) is 5.75 Å². The molecule has 0 aromatic heterocycles. The molecule has 1 N–H and O–H groups in total. The predicted octanol–water partition coefficient (Wildman–Crippen LogP) is 2.95. The number of likely N-dealkylation sites (N-methyl/N-ethyl adjacent to an activating group) is 1. The Morgan fingerprint density at radius 2 is 2.09 bits per heavy atom. The molecule has 0 spiro atoms. The number of nitrogens with zero attached hydrogens (tertiary/aromatic N) is 1. The molecule has 1 aliphatic rings. The monoisotopic (exact) mass is 322 g/mol. The van der Waals surface area contributed by atoms with Crippen LogP contribution in [0.4, 0.5) is 10.1 Å². The zero-order valence-electron chi connectivity index (χ0n) is 13.8. The van der Waals surface area contributed by atoms with Gasteiger partial charge in [0, 0.05) is 24.3 Å². The Morgan fingerprint density at radius 1 is 1.39 bits per heavy atom. The van der Waals surface area contributed by atoms with Gasteiger partial charge in [-0.1, -0.05) is 0 Å². The van der Waals surface area contributed by atoms with Gasteiger partial charge in [0.1, 0.15) is 0 Å². The second-order valence-corrected chi connectivity index (χ2v) is 5.96. The summed E-state index contributed by atoms with van der Waals surface area (Å²) in [6, 6.07) is 4.11. The van der Waals surface area contributed by atoms with Gasteiger partial charge in [0.2, 0.25) is 0 Å². The van der Waals surface area contributed by atoms with Crippen LogP contribution in [0.3, 0.4) is 0 Å². The van der Waals surface area contributed by atoms with Gasteiger partial charge in [0.25, 0.3) is 0 Å². The maximum atomic E-state index is 14.0. The van der Waals surface area contributed by atoms with Crippen LogP contribution < -0.4 is 10.1 Å². The largest absolute Gasteiger partial charge is 0.487 e. The van der Waals surface area contributed by atoms with Crippen molar-refractivity contribution in [1.29, 1.82) is 0 Å². The van der Waals surface area contributed by atoms with Crippen LogP contribution in [0.2, 0.25) is 0 Å². The molecule has 0 bridgehead atoms. The van der Waals surface area contributed by atoms with Gasteiger partial charge >= 0.3 is 11.8 Å². The van der Waals surface area contributed by atoms with E-state index in [1.807, 2.05) is 13.8 Å². The Kier molecular flexibility index (Phi) is 5.58. The van der Waals surface area contributed by atoms with Gasteiger partial charge in [-0.3, -0.25) is 9.59 Å². The van der Waals surface area contributed by atoms with Gasteiger partial charge in [-0.25, -0.2) is 4.39 Å². The molecule has 0 aliphatic heterocycles. The molecule has 1 aromatic carbocycles. The van der Waals surface area contributed by atoms with E-state index < -0.39 is 17.6 Å². The Balaban J connectivity index is 2.00. The summed E-state index contributed by atoms with van der Waals surface area (Å²) in [5, 5.41) is 2.43. The molecular weight excluding hydrogens is 299 g/mol. The second-order valence-electron chi connectivity index (χ2n) is 5.96. The highest BCUT2D eigenvalue weighted by Crippen LogP contribution is 2.28. The maximum absolute atomic E-state index is 14.0. The molecule has 0 saturated heterocycles. The molecule has 1 aromatic rings. The lowest BCUT2D eigenvalue weighted by atomic mass is 9.96. The predicted molar refractivity (Wildman–Crippen MR) is 85.8 cm³/mol. The number of halogens is 1. The number of nitrogens with one attached hydrogen (secondary N) is 1. The fraction of sp³-hybridized carbons (Fsp3) is 0.529. The summed E-state index contributed by atoms with van der Waals surface area (Å²) >= 11 is 0. The number of carbonyl (C=O) groups excluding carboxylic acids is 2. The Morgan fingerprint density at radius 3 is 2.57 bits per heavy atom. The van der Waals surface area contributed by atoms with Crippen LogP contribution in [0.15, 0.2) is 18.2 Å². The highest BCUT2D eigenvalue weighted by Gasteiger charge is 2.24. The van der Waals surface area contributed by atoms with Crippen LogP contribution in [0, 0.1) is 5.82 Å². The van der Waals surface area contributed by atoms with Crippen molar-refractivity contribution >= 4 is 17.5 Å². The molecule has 1 fully saturated rings. The highest BCUT2D eigenvalue weighted by molar-refractivity contribution is 6.39. The third-order valence-electron chi connectivity index (χ3n) is 3.95. The first-order valence-corrected chi connectivity index (χ1v) is 8.00. The third-order valence-corrected chi connectivity index (χ3v) is 3.95. The normalized spacial score (nSPS) is 14.3. The quantitative estimate of drug-likeness (QED) is 0.848. The molecule has 23 heavy (non-hydrogen) atoms. The number of rotatable bonds is 5. The lowest BCUT2D eigenvalue weighted by Crippen LogP contribution is -2.43. The smallest absolute Gasteiger partial charge is 0.313 e. The van der Waals surface area contributed by atoms with Gasteiger partial charge in [-0.05, 0) is 52.2 Å². The molecule has 126 valence electrons. The van der Waals surface area contributed by atoms with Crippen LogP contribution in [0.25, 0.3) is 0 Å². The molecule has 0 heterocycles. The van der Waals surface area contributed by atoms with Gasteiger partial charge in [0.15, 0.2) is 11.6 Å². The summed E-state index contributed by atoms with van der Waals surface area (Å²) in [5.41, 5.74) is 0.238. The first-order valence-electron chi connectivity index (χ1n) is 8.00. The SMILES string of the molecule is CCN(C(=O)C(=O)Nc1ccc(OC2CCC2)c(F)c1)C(C)C. The number of hydrogen-bond acceptors (Lipinski definition) is 3. The molecule has 0 unspecified atom stereocenters. The topological polar surface area (TPSA) is 58.6 Å². The summed E-state index contributed by atoms with van der Waals surface area (Å²) in [7, 11) is 0. The summed E-state index contributed by atoms with van der Waals surface area (Å²) in [6.45, 7) is 5.91. The van der Waals surface area contributed by atoms with Crippen molar-refractivity contribution < 1.29 is 18.7 Å². The van der Waals surface area contributed by atoms with E-state index in [4.69, 9.17) is 4.74 Å². The molecule has 6 heteroatoms. The van der Waals surface area contributed by atoms with E-state index in [1.165, 1.54) is 23.1 Å². The van der Waals surface area contributed by atoms with Gasteiger partial charge in [0.05, 0.1) is 6.10 Å². The number of carbonyl (C=O) groups is 2. The van der Waals surface area contributed by atoms with Crippen molar-refractivity contribution in [1.82, 2.24) is 4.90 Å². The van der Waals surface area contributed by atoms with E-state index in [0.29, 0.717) is 6.54 Å². The minimum absolute atomic E-state index is 0.0757. The average molecular weight is 322 g/mol. The molecular formula is C17H23FN2O3. The minimum atomic E-state index is -0.771. The van der Waals surface area contributed by atoms with Gasteiger partial charge in [-0.15, -0.1) is 0 Å². The van der Waals surface area contributed by atoms with E-state index in [9.17, 15) is 14.0 Å². The van der Waals surface area contributed by atoms with Gasteiger partial charge in [-0.2, -0.15) is 0 Å². The van der Waals surface area contributed by atoms with E-state index in [2.05, 4.69) is 5.32 Å². The number of anilines is 1. The first-order chi connectivity index (χ1) is 10.9. The number of hydrogen-bond donors (Lipinski definition) is 1. The van der Waals surface area contributed by atoms with Crippen LogP contribution in [0.1, 0.15) is 40.0 Å². The fourth-order valence-electron chi connectivity index (χ4n) is 2.40. The number of amides is 2. The van der Waals surface area contributed by atoms with E-state index in [-0.39, 0.29) is 23.6 Å². The van der Waals surface area contributed by atoms with Crippen LogP contribution in [0.5, 0.6) is 5.75 Å². The zero-order chi connectivity index (χ0) is 17.0. The molecule has 1 saturated carbocycles. The minimum Gasteiger partial charge on any atom is -0.487 e. The molecule has 2 amide bonds. The van der Waals surface area contributed by atoms with Crippen molar-refractivity contribution in [2.45, 2.75) is 52.2 Å². The Hall–Kier alpha value is -2.11. The van der Waals surface area contributed by atoms with Crippen LogP contribution in [-0.2, 0) is 9.59 Å². The third kappa shape index (κ3) is 4.21. The van der Waals surface area contributed by atoms with Crippen molar-refractivity contribution in [2.24, 2.45) is 0 Å². The lowest BCUT2D eigenvalue weighted by molar-refractivity contribution is -0.144. The Labute approximate surface area is 135 Å². The van der Waals surface area contributed by atoms with E-state index >= 15 is 0 Å². The molecule has 0 radical (unpaired) electrons. The average Bonchev–Trinajstić information content (AvgIpc) is 2.44. The zero-order valence-corrected chi connectivity index (χ0v) is 13.8. The van der Waals surface area contributed by atoms with Crippen LogP contribution in [-0.4, -0.2) is 35.4 Å². The summed E-state index contributed by atoms with van der Waals surface area (Å²) in [6.07, 6.45) is 3.06.